The Morgan fingerprint density at radius 1 is 0.378 bits per heavy atom. The number of nitrogens with zero attached hydrogens (tertiary/aromatic N) is 9. The van der Waals surface area contributed by atoms with Gasteiger partial charge < -0.3 is 9.13 Å². The van der Waals surface area contributed by atoms with Gasteiger partial charge in [0, 0.05) is 38.5 Å². The highest BCUT2D eigenvalue weighted by Gasteiger charge is 2.25. The molecule has 0 atom stereocenters. The van der Waals surface area contributed by atoms with Crippen molar-refractivity contribution in [2.45, 2.75) is 13.8 Å². The highest BCUT2D eigenvalue weighted by molar-refractivity contribution is 6.14. The van der Waals surface area contributed by atoms with Crippen molar-refractivity contribution in [3.8, 4) is 73.3 Å². The topological polar surface area (TPSA) is 76.9 Å². The van der Waals surface area contributed by atoms with E-state index in [1.165, 1.54) is 0 Å². The average molecular weight is 944 g/mol. The van der Waals surface area contributed by atoms with Gasteiger partial charge in [0.1, 0.15) is 5.82 Å². The minimum atomic E-state index is 0.375. The minimum Gasteiger partial charge on any atom is -0.308 e. The number of benzene rings is 9. The van der Waals surface area contributed by atoms with Crippen molar-refractivity contribution in [3.63, 3.8) is 0 Å². The van der Waals surface area contributed by atoms with E-state index in [2.05, 4.69) is 113 Å². The molecule has 3 aromatic heterocycles. The second kappa shape index (κ2) is 17.8. The summed E-state index contributed by atoms with van der Waals surface area (Å²) in [6.45, 7) is 35.6. The van der Waals surface area contributed by atoms with Crippen molar-refractivity contribution in [2.24, 2.45) is 0 Å². The molecule has 0 fully saturated rings. The van der Waals surface area contributed by atoms with Gasteiger partial charge in [-0.2, -0.15) is 5.26 Å². The summed E-state index contributed by atoms with van der Waals surface area (Å²) < 4.78 is 4.56. The van der Waals surface area contributed by atoms with Gasteiger partial charge in [0.15, 0.2) is 22.7 Å². The summed E-state index contributed by atoms with van der Waals surface area (Å²) in [4.78, 5) is 25.1. The van der Waals surface area contributed by atoms with Crippen molar-refractivity contribution in [1.82, 2.24) is 19.1 Å². The van der Waals surface area contributed by atoms with Crippen LogP contribution in [0.4, 0.5) is 22.7 Å². The Kier molecular flexibility index (Phi) is 10.7. The fourth-order valence-electron chi connectivity index (χ4n) is 10.2. The minimum absolute atomic E-state index is 0.375. The Hall–Kier alpha value is -10.9. The van der Waals surface area contributed by atoms with E-state index in [1.54, 1.807) is 0 Å². The zero-order valence-electron chi connectivity index (χ0n) is 39.9. The lowest BCUT2D eigenvalue weighted by molar-refractivity contribution is 1.06. The number of rotatable bonds is 7. The van der Waals surface area contributed by atoms with Crippen LogP contribution in [0.2, 0.25) is 0 Å². The van der Waals surface area contributed by atoms with Gasteiger partial charge in [-0.25, -0.2) is 29.3 Å². The van der Waals surface area contributed by atoms with Crippen LogP contribution in [-0.4, -0.2) is 19.1 Å². The molecule has 0 spiro atoms. The van der Waals surface area contributed by atoms with Gasteiger partial charge in [-0.15, -0.1) is 0 Å². The molecule has 0 aliphatic heterocycles. The van der Waals surface area contributed by atoms with Crippen LogP contribution in [0.1, 0.15) is 17.0 Å². The number of fused-ring (bicyclic) bond motifs is 6. The molecular formula is C65H37N9. The summed E-state index contributed by atoms with van der Waals surface area (Å²) in [5, 5.41) is 13.7. The summed E-state index contributed by atoms with van der Waals surface area (Å²) in [6.07, 6.45) is 0. The molecule has 0 radical (unpaired) electrons. The number of aromatic nitrogens is 4. The summed E-state index contributed by atoms with van der Waals surface area (Å²) in [7, 11) is 0. The molecule has 342 valence electrons. The predicted octanol–water partition coefficient (Wildman–Crippen LogP) is 17.7. The van der Waals surface area contributed by atoms with E-state index in [0.29, 0.717) is 39.7 Å². The standard InChI is InChI=1S/C65H37N9/c1-39-31-40(2)72-65(71-39)57-36-63(73-59-32-46(42-9-7-41(38-66)8-10-42)17-27-53(59)54-28-18-47(33-60(54)73)43-11-21-50(67-3)22-12-43)64(37-58(57)70-6)74-61-34-48(44-13-23-51(68-4)24-14-44)19-29-55(61)56-30-20-49(35-62(56)74)45-15-25-52(69-5)26-16-45/h7-37H,1-2H3. The van der Waals surface area contributed by atoms with Crippen molar-refractivity contribution < 1.29 is 0 Å². The first-order valence-corrected chi connectivity index (χ1v) is 23.7. The zero-order valence-corrected chi connectivity index (χ0v) is 39.9. The molecule has 74 heavy (non-hydrogen) atoms. The van der Waals surface area contributed by atoms with Gasteiger partial charge in [-0.05, 0) is 113 Å². The third-order valence-electron chi connectivity index (χ3n) is 13.8. The summed E-state index contributed by atoms with van der Waals surface area (Å²) in [5.41, 5.74) is 17.5. The number of aryl methyl sites for hydroxylation is 2. The fourth-order valence-corrected chi connectivity index (χ4v) is 10.2. The Labute approximate surface area is 426 Å². The maximum Gasteiger partial charge on any atom is 0.200 e. The Bertz CT molecular complexity index is 4270. The van der Waals surface area contributed by atoms with Crippen LogP contribution in [0, 0.1) is 51.5 Å². The van der Waals surface area contributed by atoms with Crippen LogP contribution in [0.3, 0.4) is 0 Å². The molecule has 0 aliphatic rings. The molecule has 0 aliphatic carbocycles. The Balaban J connectivity index is 1.24. The molecule has 0 bridgehead atoms. The van der Waals surface area contributed by atoms with Gasteiger partial charge >= 0.3 is 0 Å². The number of nitriles is 1. The first-order chi connectivity index (χ1) is 36.2. The maximum atomic E-state index is 9.69. The second-order valence-electron chi connectivity index (χ2n) is 18.2. The molecule has 0 unspecified atom stereocenters. The highest BCUT2D eigenvalue weighted by atomic mass is 15.1. The third-order valence-corrected chi connectivity index (χ3v) is 13.8. The van der Waals surface area contributed by atoms with E-state index >= 15 is 0 Å². The van der Waals surface area contributed by atoms with Crippen LogP contribution in [0.5, 0.6) is 0 Å². The van der Waals surface area contributed by atoms with Gasteiger partial charge in [0.05, 0.1) is 71.4 Å². The van der Waals surface area contributed by atoms with Crippen LogP contribution in [0.25, 0.3) is 130 Å². The van der Waals surface area contributed by atoms with Crippen LogP contribution in [-0.2, 0) is 0 Å². The lowest BCUT2D eigenvalue weighted by Crippen LogP contribution is -2.05. The molecule has 3 heterocycles. The predicted molar refractivity (Wildman–Crippen MR) is 297 cm³/mol. The molecule has 0 saturated carbocycles. The van der Waals surface area contributed by atoms with E-state index in [4.69, 9.17) is 36.3 Å². The van der Waals surface area contributed by atoms with Crippen molar-refractivity contribution in [1.29, 1.82) is 5.26 Å². The Morgan fingerprint density at radius 2 is 0.703 bits per heavy atom. The summed E-state index contributed by atoms with van der Waals surface area (Å²) in [6, 6.07) is 64.6. The van der Waals surface area contributed by atoms with E-state index in [1.807, 2.05) is 123 Å². The van der Waals surface area contributed by atoms with Crippen LogP contribution in [0.15, 0.2) is 188 Å². The van der Waals surface area contributed by atoms with E-state index < -0.39 is 0 Å². The summed E-state index contributed by atoms with van der Waals surface area (Å²) in [5.74, 6) is 0.443. The molecule has 9 aromatic carbocycles. The monoisotopic (exact) mass is 943 g/mol. The van der Waals surface area contributed by atoms with Crippen molar-refractivity contribution in [3.05, 3.63) is 251 Å². The smallest absolute Gasteiger partial charge is 0.200 e. The molecular weight excluding hydrogens is 907 g/mol. The molecule has 0 N–H and O–H groups in total. The van der Waals surface area contributed by atoms with Gasteiger partial charge in [-0.3, -0.25) is 0 Å². The first-order valence-electron chi connectivity index (χ1n) is 23.7. The second-order valence-corrected chi connectivity index (χ2v) is 18.2. The lowest BCUT2D eigenvalue weighted by atomic mass is 10.0. The van der Waals surface area contributed by atoms with E-state index in [-0.39, 0.29) is 0 Å². The van der Waals surface area contributed by atoms with Gasteiger partial charge in [-0.1, -0.05) is 133 Å². The normalized spacial score (nSPS) is 11.0. The molecule has 12 rings (SSSR count). The molecule has 9 nitrogen and oxygen atoms in total. The van der Waals surface area contributed by atoms with E-state index in [9.17, 15) is 5.26 Å². The van der Waals surface area contributed by atoms with Gasteiger partial charge in [0.2, 0.25) is 0 Å². The Morgan fingerprint density at radius 3 is 1.03 bits per heavy atom. The lowest BCUT2D eigenvalue weighted by Gasteiger charge is -2.20. The SMILES string of the molecule is [C-]#[N+]c1ccc(-c2ccc3c4ccc(-c5ccc([N+]#[C-])cc5)cc4n(-c4cc([N+]#[C-])c(-c5nc(C)cc(C)n5)cc4-n4c5cc(-c6ccc(C#N)cc6)ccc5c5ccc(-c6ccc([N+]#[C-])cc6)cc54)c3c2)cc1. The fraction of sp³-hybridized carbons (Fsp3) is 0.0308. The van der Waals surface area contributed by atoms with E-state index in [0.717, 1.165) is 111 Å². The third kappa shape index (κ3) is 7.54. The maximum absolute atomic E-state index is 9.69. The summed E-state index contributed by atoms with van der Waals surface area (Å²) >= 11 is 0. The van der Waals surface area contributed by atoms with Crippen molar-refractivity contribution in [2.75, 3.05) is 0 Å². The molecule has 12 aromatic rings. The first kappa shape index (κ1) is 44.3. The number of hydrogen-bond acceptors (Lipinski definition) is 3. The molecule has 0 saturated heterocycles. The highest BCUT2D eigenvalue weighted by Crippen LogP contribution is 2.45. The van der Waals surface area contributed by atoms with Crippen LogP contribution >= 0.6 is 0 Å². The van der Waals surface area contributed by atoms with Gasteiger partial charge in [0.25, 0.3) is 0 Å². The number of hydrogen-bond donors (Lipinski definition) is 0. The quantitative estimate of drug-likeness (QED) is 0.149. The molecule has 9 heteroatoms. The molecule has 0 amide bonds. The van der Waals surface area contributed by atoms with Crippen molar-refractivity contribution >= 4 is 66.4 Å². The van der Waals surface area contributed by atoms with Crippen LogP contribution < -0.4 is 0 Å². The zero-order chi connectivity index (χ0) is 50.6. The largest absolute Gasteiger partial charge is 0.308 e. The average Bonchev–Trinajstić information content (AvgIpc) is 3.95.